The predicted molar refractivity (Wildman–Crippen MR) is 74.2 cm³/mol. The van der Waals surface area contributed by atoms with Crippen molar-refractivity contribution in [3.63, 3.8) is 0 Å². The highest BCUT2D eigenvalue weighted by Gasteiger charge is 2.27. The third-order valence-corrected chi connectivity index (χ3v) is 3.56. The predicted octanol–water partition coefficient (Wildman–Crippen LogP) is 3.47. The van der Waals surface area contributed by atoms with Crippen molar-refractivity contribution >= 4 is 5.69 Å². The molecule has 100 valence electrons. The molecule has 0 aromatic heterocycles. The lowest BCUT2D eigenvalue weighted by Crippen LogP contribution is -2.34. The lowest BCUT2D eigenvalue weighted by atomic mass is 10.0. The van der Waals surface area contributed by atoms with E-state index < -0.39 is 0 Å². The molecule has 0 unspecified atom stereocenters. The quantitative estimate of drug-likeness (QED) is 0.867. The number of benzene rings is 1. The molecule has 1 aromatic rings. The van der Waals surface area contributed by atoms with Gasteiger partial charge in [-0.25, -0.2) is 4.39 Å². The number of nitrogens with zero attached hydrogens (tertiary/aromatic N) is 1. The fourth-order valence-electron chi connectivity index (χ4n) is 2.32. The van der Waals surface area contributed by atoms with Crippen molar-refractivity contribution in [1.29, 1.82) is 0 Å². The third kappa shape index (κ3) is 3.02. The normalized spacial score (nSPS) is 17.0. The lowest BCUT2D eigenvalue weighted by Gasteiger charge is -2.32. The number of nitrogens with two attached hydrogens (primary N) is 1. The zero-order chi connectivity index (χ0) is 13.3. The summed E-state index contributed by atoms with van der Waals surface area (Å²) in [5.41, 5.74) is 7.97. The van der Waals surface area contributed by atoms with Crippen molar-refractivity contribution in [1.82, 2.24) is 0 Å². The molecule has 1 saturated carbocycles. The van der Waals surface area contributed by atoms with E-state index in [1.807, 2.05) is 13.0 Å². The van der Waals surface area contributed by atoms with Crippen LogP contribution in [0.3, 0.4) is 0 Å². The Morgan fingerprint density at radius 3 is 2.50 bits per heavy atom. The Kier molecular flexibility index (Phi) is 3.91. The van der Waals surface area contributed by atoms with E-state index in [0.29, 0.717) is 6.04 Å². The first-order valence-electron chi connectivity index (χ1n) is 6.80. The summed E-state index contributed by atoms with van der Waals surface area (Å²) in [6.45, 7) is 7.32. The van der Waals surface area contributed by atoms with Gasteiger partial charge in [0.05, 0.1) is 0 Å². The Morgan fingerprint density at radius 2 is 2.00 bits per heavy atom. The van der Waals surface area contributed by atoms with Crippen LogP contribution in [0.25, 0.3) is 0 Å². The fraction of sp³-hybridized carbons (Fsp3) is 0.600. The van der Waals surface area contributed by atoms with Gasteiger partial charge in [-0.2, -0.15) is 0 Å². The topological polar surface area (TPSA) is 29.3 Å². The van der Waals surface area contributed by atoms with Gasteiger partial charge in [0.1, 0.15) is 5.82 Å². The molecule has 0 heterocycles. The van der Waals surface area contributed by atoms with Crippen molar-refractivity contribution in [2.24, 2.45) is 11.7 Å². The standard InChI is InChI=1S/C15H23FN2/c1-10(2)18(9-12-4-5-12)15-7-6-13(16)8-14(15)11(3)17/h6-8,10-12H,4-5,9,17H2,1-3H3/t11-/m0/s1. The monoisotopic (exact) mass is 250 g/mol. The minimum Gasteiger partial charge on any atom is -0.369 e. The molecule has 1 aromatic carbocycles. The molecule has 0 aliphatic heterocycles. The number of anilines is 1. The number of hydrogen-bond donors (Lipinski definition) is 1. The highest BCUT2D eigenvalue weighted by atomic mass is 19.1. The van der Waals surface area contributed by atoms with Crippen LogP contribution in [-0.4, -0.2) is 12.6 Å². The van der Waals surface area contributed by atoms with Crippen molar-refractivity contribution in [2.45, 2.75) is 45.7 Å². The van der Waals surface area contributed by atoms with Gasteiger partial charge in [-0.05, 0) is 63.3 Å². The van der Waals surface area contributed by atoms with Crippen LogP contribution in [0.5, 0.6) is 0 Å². The van der Waals surface area contributed by atoms with Crippen molar-refractivity contribution in [3.8, 4) is 0 Å². The number of hydrogen-bond acceptors (Lipinski definition) is 2. The Labute approximate surface area is 109 Å². The summed E-state index contributed by atoms with van der Waals surface area (Å²) in [5.74, 6) is 0.597. The zero-order valence-electron chi connectivity index (χ0n) is 11.5. The SMILES string of the molecule is CC(C)N(CC1CC1)c1ccc(F)cc1[C@H](C)N. The molecule has 1 fully saturated rings. The molecule has 1 aliphatic rings. The first kappa shape index (κ1) is 13.3. The van der Waals surface area contributed by atoms with Gasteiger partial charge in [0, 0.05) is 24.3 Å². The lowest BCUT2D eigenvalue weighted by molar-refractivity contribution is 0.612. The Hall–Kier alpha value is -1.09. The number of halogens is 1. The molecule has 0 amide bonds. The summed E-state index contributed by atoms with van der Waals surface area (Å²) in [4.78, 5) is 2.36. The molecule has 2 N–H and O–H groups in total. The summed E-state index contributed by atoms with van der Waals surface area (Å²) in [6, 6.07) is 5.24. The maximum absolute atomic E-state index is 13.4. The molecule has 0 radical (unpaired) electrons. The van der Waals surface area contributed by atoms with Crippen LogP contribution in [0.2, 0.25) is 0 Å². The van der Waals surface area contributed by atoms with Crippen molar-refractivity contribution in [3.05, 3.63) is 29.6 Å². The first-order chi connectivity index (χ1) is 8.49. The first-order valence-corrected chi connectivity index (χ1v) is 6.80. The Morgan fingerprint density at radius 1 is 1.33 bits per heavy atom. The second-order valence-corrected chi connectivity index (χ2v) is 5.68. The van der Waals surface area contributed by atoms with E-state index in [2.05, 4.69) is 18.7 Å². The molecular formula is C15H23FN2. The van der Waals surface area contributed by atoms with Gasteiger partial charge in [0.2, 0.25) is 0 Å². The molecule has 2 nitrogen and oxygen atoms in total. The van der Waals surface area contributed by atoms with E-state index in [9.17, 15) is 4.39 Å². The highest BCUT2D eigenvalue weighted by Crippen LogP contribution is 2.34. The molecule has 1 aliphatic carbocycles. The van der Waals surface area contributed by atoms with E-state index in [-0.39, 0.29) is 11.9 Å². The fourth-order valence-corrected chi connectivity index (χ4v) is 2.32. The van der Waals surface area contributed by atoms with Gasteiger partial charge >= 0.3 is 0 Å². The van der Waals surface area contributed by atoms with Gasteiger partial charge in [0.15, 0.2) is 0 Å². The van der Waals surface area contributed by atoms with Crippen LogP contribution in [-0.2, 0) is 0 Å². The second-order valence-electron chi connectivity index (χ2n) is 5.68. The van der Waals surface area contributed by atoms with Crippen LogP contribution in [0.4, 0.5) is 10.1 Å². The summed E-state index contributed by atoms with van der Waals surface area (Å²) < 4.78 is 13.4. The molecule has 18 heavy (non-hydrogen) atoms. The zero-order valence-corrected chi connectivity index (χ0v) is 11.5. The van der Waals surface area contributed by atoms with Crippen LogP contribution in [0.1, 0.15) is 45.2 Å². The van der Waals surface area contributed by atoms with Crippen molar-refractivity contribution in [2.75, 3.05) is 11.4 Å². The van der Waals surface area contributed by atoms with Crippen LogP contribution < -0.4 is 10.6 Å². The highest BCUT2D eigenvalue weighted by molar-refractivity contribution is 5.56. The minimum absolute atomic E-state index is 0.142. The van der Waals surface area contributed by atoms with Crippen LogP contribution in [0, 0.1) is 11.7 Å². The largest absolute Gasteiger partial charge is 0.369 e. The average Bonchev–Trinajstić information content (AvgIpc) is 3.09. The summed E-state index contributed by atoms with van der Waals surface area (Å²) in [7, 11) is 0. The Bertz CT molecular complexity index is 411. The molecule has 0 saturated heterocycles. The molecule has 0 bridgehead atoms. The molecule has 3 heteroatoms. The van der Waals surface area contributed by atoms with Gasteiger partial charge < -0.3 is 10.6 Å². The average molecular weight is 250 g/mol. The maximum atomic E-state index is 13.4. The molecule has 0 spiro atoms. The van der Waals surface area contributed by atoms with Gasteiger partial charge in [-0.15, -0.1) is 0 Å². The summed E-state index contributed by atoms with van der Waals surface area (Å²) >= 11 is 0. The van der Waals surface area contributed by atoms with Crippen molar-refractivity contribution < 1.29 is 4.39 Å². The van der Waals surface area contributed by atoms with E-state index in [1.54, 1.807) is 6.07 Å². The van der Waals surface area contributed by atoms with E-state index in [1.165, 1.54) is 18.9 Å². The number of rotatable bonds is 5. The summed E-state index contributed by atoms with van der Waals surface area (Å²) in [6.07, 6.45) is 2.63. The smallest absolute Gasteiger partial charge is 0.123 e. The second kappa shape index (κ2) is 5.27. The van der Waals surface area contributed by atoms with E-state index in [4.69, 9.17) is 5.73 Å². The maximum Gasteiger partial charge on any atom is 0.123 e. The molecule has 1 atom stereocenters. The van der Waals surface area contributed by atoms with E-state index >= 15 is 0 Å². The molecule has 2 rings (SSSR count). The van der Waals surface area contributed by atoms with Gasteiger partial charge in [-0.1, -0.05) is 0 Å². The molecular weight excluding hydrogens is 227 g/mol. The van der Waals surface area contributed by atoms with Gasteiger partial charge in [-0.3, -0.25) is 0 Å². The van der Waals surface area contributed by atoms with E-state index in [0.717, 1.165) is 23.7 Å². The Balaban J connectivity index is 2.32. The third-order valence-electron chi connectivity index (χ3n) is 3.56. The minimum atomic E-state index is -0.207. The summed E-state index contributed by atoms with van der Waals surface area (Å²) in [5, 5.41) is 0. The van der Waals surface area contributed by atoms with Gasteiger partial charge in [0.25, 0.3) is 0 Å². The van der Waals surface area contributed by atoms with Crippen LogP contribution >= 0.6 is 0 Å². The van der Waals surface area contributed by atoms with Crippen LogP contribution in [0.15, 0.2) is 18.2 Å².